The summed E-state index contributed by atoms with van der Waals surface area (Å²) in [7, 11) is 1.83. The van der Waals surface area contributed by atoms with Crippen LogP contribution in [0.4, 0.5) is 10.1 Å². The number of rotatable bonds is 4. The topological polar surface area (TPSA) is 33.5 Å². The lowest BCUT2D eigenvalue weighted by molar-refractivity contribution is 0.112. The molecule has 0 unspecified atom stereocenters. The second-order valence-electron chi connectivity index (χ2n) is 4.19. The van der Waals surface area contributed by atoms with Gasteiger partial charge in [-0.15, -0.1) is 0 Å². The lowest BCUT2D eigenvalue weighted by Gasteiger charge is -2.19. The molecule has 0 spiro atoms. The minimum absolute atomic E-state index is 0.334. The molecule has 18 heavy (non-hydrogen) atoms. The van der Waals surface area contributed by atoms with Gasteiger partial charge in [0.25, 0.3) is 0 Å². The first-order valence-corrected chi connectivity index (χ1v) is 5.61. The summed E-state index contributed by atoms with van der Waals surface area (Å²) >= 11 is 0. The summed E-state index contributed by atoms with van der Waals surface area (Å²) in [5, 5.41) is 0. The van der Waals surface area contributed by atoms with E-state index in [1.165, 1.54) is 12.1 Å². The van der Waals surface area contributed by atoms with Gasteiger partial charge >= 0.3 is 0 Å². The van der Waals surface area contributed by atoms with Crippen LogP contribution in [0.2, 0.25) is 0 Å². The number of anilines is 1. The highest BCUT2D eigenvalue weighted by Crippen LogP contribution is 2.21. The first-order valence-electron chi connectivity index (χ1n) is 5.61. The van der Waals surface area contributed by atoms with E-state index in [1.807, 2.05) is 31.0 Å². The Hall–Kier alpha value is -2.10. The number of hydrogen-bond acceptors (Lipinski definition) is 3. The summed E-state index contributed by atoms with van der Waals surface area (Å²) in [6.07, 6.45) is 0.655. The van der Waals surface area contributed by atoms with E-state index in [1.54, 1.807) is 6.07 Å². The van der Waals surface area contributed by atoms with Crippen LogP contribution < -0.4 is 4.90 Å². The number of benzene rings is 1. The van der Waals surface area contributed by atoms with Crippen LogP contribution in [-0.4, -0.2) is 13.3 Å². The predicted octanol–water partition coefficient (Wildman–Crippen LogP) is 3.18. The molecule has 0 aliphatic rings. The van der Waals surface area contributed by atoms with Crippen LogP contribution in [0.5, 0.6) is 0 Å². The number of carbonyl (C=O) groups excluding carboxylic acids is 1. The molecule has 0 aliphatic heterocycles. The molecule has 0 N–H and O–H groups in total. The van der Waals surface area contributed by atoms with E-state index in [4.69, 9.17) is 4.42 Å². The molecule has 0 fully saturated rings. The molecule has 3 nitrogen and oxygen atoms in total. The average molecular weight is 247 g/mol. The Kier molecular flexibility index (Phi) is 3.46. The monoisotopic (exact) mass is 247 g/mol. The van der Waals surface area contributed by atoms with E-state index in [0.717, 1.165) is 11.5 Å². The number of halogens is 1. The summed E-state index contributed by atoms with van der Waals surface area (Å²) in [6.45, 7) is 2.40. The van der Waals surface area contributed by atoms with Crippen LogP contribution in [0.15, 0.2) is 34.7 Å². The van der Waals surface area contributed by atoms with Crippen LogP contribution in [-0.2, 0) is 6.54 Å². The van der Waals surface area contributed by atoms with Crippen molar-refractivity contribution in [2.24, 2.45) is 0 Å². The first-order chi connectivity index (χ1) is 8.60. The molecule has 0 bridgehead atoms. The third kappa shape index (κ3) is 2.59. The molecular weight excluding hydrogens is 233 g/mol. The van der Waals surface area contributed by atoms with E-state index in [0.29, 0.717) is 24.1 Å². The SMILES string of the molecule is Cc1ccc(CN(C)c2ccc(F)cc2C=O)o1. The van der Waals surface area contributed by atoms with Gasteiger partial charge in [-0.1, -0.05) is 0 Å². The van der Waals surface area contributed by atoms with E-state index < -0.39 is 5.82 Å². The van der Waals surface area contributed by atoms with Gasteiger partial charge in [0.2, 0.25) is 0 Å². The molecule has 94 valence electrons. The fourth-order valence-electron chi connectivity index (χ4n) is 1.86. The van der Waals surface area contributed by atoms with Crippen LogP contribution in [0, 0.1) is 12.7 Å². The maximum atomic E-state index is 13.0. The molecule has 0 saturated carbocycles. The normalized spacial score (nSPS) is 10.4. The van der Waals surface area contributed by atoms with Gasteiger partial charge < -0.3 is 9.32 Å². The smallest absolute Gasteiger partial charge is 0.152 e. The van der Waals surface area contributed by atoms with Gasteiger partial charge in [0.15, 0.2) is 6.29 Å². The van der Waals surface area contributed by atoms with Crippen LogP contribution >= 0.6 is 0 Å². The fraction of sp³-hybridized carbons (Fsp3) is 0.214. The number of furan rings is 1. The Labute approximate surface area is 105 Å². The second-order valence-corrected chi connectivity index (χ2v) is 4.19. The van der Waals surface area contributed by atoms with Gasteiger partial charge in [-0.05, 0) is 37.3 Å². The van der Waals surface area contributed by atoms with E-state index in [2.05, 4.69) is 0 Å². The fourth-order valence-corrected chi connectivity index (χ4v) is 1.86. The third-order valence-electron chi connectivity index (χ3n) is 2.72. The van der Waals surface area contributed by atoms with Crippen LogP contribution in [0.3, 0.4) is 0 Å². The second kappa shape index (κ2) is 5.04. The number of nitrogens with zero attached hydrogens (tertiary/aromatic N) is 1. The number of carbonyl (C=O) groups is 1. The Bertz CT molecular complexity index is 563. The Morgan fingerprint density at radius 2 is 2.11 bits per heavy atom. The zero-order valence-electron chi connectivity index (χ0n) is 10.3. The van der Waals surface area contributed by atoms with Crippen LogP contribution in [0.1, 0.15) is 21.9 Å². The van der Waals surface area contributed by atoms with Crippen molar-refractivity contribution < 1.29 is 13.6 Å². The zero-order chi connectivity index (χ0) is 13.1. The van der Waals surface area contributed by atoms with E-state index >= 15 is 0 Å². The lowest BCUT2D eigenvalue weighted by atomic mass is 10.1. The van der Waals surface area contributed by atoms with Crippen LogP contribution in [0.25, 0.3) is 0 Å². The molecule has 0 saturated heterocycles. The number of aldehydes is 1. The zero-order valence-corrected chi connectivity index (χ0v) is 10.3. The highest BCUT2D eigenvalue weighted by molar-refractivity contribution is 5.84. The summed E-state index contributed by atoms with van der Waals surface area (Å²) in [5.74, 6) is 1.23. The van der Waals surface area contributed by atoms with Gasteiger partial charge in [-0.3, -0.25) is 4.79 Å². The molecule has 1 aromatic carbocycles. The summed E-state index contributed by atoms with van der Waals surface area (Å²) < 4.78 is 18.5. The largest absolute Gasteiger partial charge is 0.464 e. The highest BCUT2D eigenvalue weighted by Gasteiger charge is 2.10. The van der Waals surface area contributed by atoms with Crippen molar-refractivity contribution in [1.29, 1.82) is 0 Å². The van der Waals surface area contributed by atoms with Crippen molar-refractivity contribution in [1.82, 2.24) is 0 Å². The van der Waals surface area contributed by atoms with Gasteiger partial charge in [-0.2, -0.15) is 0 Å². The van der Waals surface area contributed by atoms with Gasteiger partial charge in [0.05, 0.1) is 6.54 Å². The van der Waals surface area contributed by atoms with Gasteiger partial charge in [-0.25, -0.2) is 4.39 Å². The molecule has 4 heteroatoms. The molecule has 0 radical (unpaired) electrons. The third-order valence-corrected chi connectivity index (χ3v) is 2.72. The van der Waals surface area contributed by atoms with Crippen molar-refractivity contribution in [2.45, 2.75) is 13.5 Å². The minimum atomic E-state index is -0.414. The summed E-state index contributed by atoms with van der Waals surface area (Å²) in [4.78, 5) is 12.8. The summed E-state index contributed by atoms with van der Waals surface area (Å²) in [6, 6.07) is 7.93. The van der Waals surface area contributed by atoms with Gasteiger partial charge in [0, 0.05) is 18.3 Å². The Morgan fingerprint density at radius 3 is 2.72 bits per heavy atom. The molecular formula is C14H14FNO2. The number of aryl methyl sites for hydroxylation is 1. The molecule has 0 atom stereocenters. The molecule has 1 heterocycles. The lowest BCUT2D eigenvalue weighted by Crippen LogP contribution is -2.17. The van der Waals surface area contributed by atoms with Crippen molar-refractivity contribution in [3.63, 3.8) is 0 Å². The van der Waals surface area contributed by atoms with E-state index in [9.17, 15) is 9.18 Å². The maximum absolute atomic E-state index is 13.0. The summed E-state index contributed by atoms with van der Waals surface area (Å²) in [5.41, 5.74) is 1.02. The molecule has 2 aromatic rings. The molecule has 2 rings (SSSR count). The molecule has 0 aliphatic carbocycles. The van der Waals surface area contributed by atoms with Crippen molar-refractivity contribution >= 4 is 12.0 Å². The van der Waals surface area contributed by atoms with Crippen molar-refractivity contribution in [3.05, 3.63) is 53.2 Å². The molecule has 1 aromatic heterocycles. The first kappa shape index (κ1) is 12.4. The Morgan fingerprint density at radius 1 is 1.33 bits per heavy atom. The average Bonchev–Trinajstić information content (AvgIpc) is 2.74. The minimum Gasteiger partial charge on any atom is -0.464 e. The Balaban J connectivity index is 2.23. The van der Waals surface area contributed by atoms with Crippen molar-refractivity contribution in [2.75, 3.05) is 11.9 Å². The quantitative estimate of drug-likeness (QED) is 0.778. The maximum Gasteiger partial charge on any atom is 0.152 e. The highest BCUT2D eigenvalue weighted by atomic mass is 19.1. The number of hydrogen-bond donors (Lipinski definition) is 0. The van der Waals surface area contributed by atoms with Gasteiger partial charge in [0.1, 0.15) is 17.3 Å². The molecule has 0 amide bonds. The standard InChI is InChI=1S/C14H14FNO2/c1-10-3-5-13(18-10)8-16(2)14-6-4-12(15)7-11(14)9-17/h3-7,9H,8H2,1-2H3. The predicted molar refractivity (Wildman–Crippen MR) is 67.3 cm³/mol. The van der Waals surface area contributed by atoms with E-state index in [-0.39, 0.29) is 0 Å². The van der Waals surface area contributed by atoms with Crippen molar-refractivity contribution in [3.8, 4) is 0 Å².